The SMILES string of the molecule is C=C(CNC1CC1)CSc1nnc2ccccn12. The number of pyridine rings is 1. The molecule has 0 bridgehead atoms. The van der Waals surface area contributed by atoms with Crippen molar-refractivity contribution in [3.05, 3.63) is 36.5 Å². The van der Waals surface area contributed by atoms with Gasteiger partial charge in [-0.1, -0.05) is 30.0 Å². The molecule has 5 heteroatoms. The first-order valence-corrected chi connectivity index (χ1v) is 7.14. The van der Waals surface area contributed by atoms with Crippen molar-refractivity contribution in [2.45, 2.75) is 24.0 Å². The molecule has 0 amide bonds. The highest BCUT2D eigenvalue weighted by Gasteiger charge is 2.20. The van der Waals surface area contributed by atoms with Crippen molar-refractivity contribution in [2.24, 2.45) is 0 Å². The van der Waals surface area contributed by atoms with E-state index >= 15 is 0 Å². The lowest BCUT2D eigenvalue weighted by atomic mass is 10.3. The number of fused-ring (bicyclic) bond motifs is 1. The van der Waals surface area contributed by atoms with Gasteiger partial charge in [-0.15, -0.1) is 10.2 Å². The third-order valence-electron chi connectivity index (χ3n) is 2.91. The summed E-state index contributed by atoms with van der Waals surface area (Å²) in [6, 6.07) is 6.65. The molecule has 2 aromatic rings. The Kier molecular flexibility index (Phi) is 3.34. The van der Waals surface area contributed by atoms with Gasteiger partial charge in [0.2, 0.25) is 0 Å². The van der Waals surface area contributed by atoms with E-state index in [0.717, 1.165) is 29.1 Å². The smallest absolute Gasteiger partial charge is 0.195 e. The van der Waals surface area contributed by atoms with E-state index in [1.165, 1.54) is 18.4 Å². The van der Waals surface area contributed by atoms with Crippen molar-refractivity contribution in [3.63, 3.8) is 0 Å². The third-order valence-corrected chi connectivity index (χ3v) is 4.00. The van der Waals surface area contributed by atoms with E-state index in [2.05, 4.69) is 22.1 Å². The van der Waals surface area contributed by atoms with Crippen LogP contribution in [-0.4, -0.2) is 32.9 Å². The molecule has 18 heavy (non-hydrogen) atoms. The monoisotopic (exact) mass is 260 g/mol. The van der Waals surface area contributed by atoms with Gasteiger partial charge in [0.25, 0.3) is 0 Å². The summed E-state index contributed by atoms with van der Waals surface area (Å²) in [7, 11) is 0. The van der Waals surface area contributed by atoms with Gasteiger partial charge >= 0.3 is 0 Å². The fraction of sp³-hybridized carbons (Fsp3) is 0.385. The molecule has 0 aliphatic heterocycles. The minimum atomic E-state index is 0.737. The Bertz CT molecular complexity index is 559. The first-order chi connectivity index (χ1) is 8.83. The van der Waals surface area contributed by atoms with E-state index in [1.54, 1.807) is 11.8 Å². The quantitative estimate of drug-likeness (QED) is 0.638. The first kappa shape index (κ1) is 11.7. The summed E-state index contributed by atoms with van der Waals surface area (Å²) < 4.78 is 2.01. The van der Waals surface area contributed by atoms with Crippen LogP contribution < -0.4 is 5.32 Å². The van der Waals surface area contributed by atoms with Crippen molar-refractivity contribution in [3.8, 4) is 0 Å². The normalized spacial score (nSPS) is 15.1. The Morgan fingerprint density at radius 1 is 1.44 bits per heavy atom. The Morgan fingerprint density at radius 2 is 2.33 bits per heavy atom. The number of rotatable bonds is 6. The van der Waals surface area contributed by atoms with E-state index in [4.69, 9.17) is 0 Å². The van der Waals surface area contributed by atoms with Crippen molar-refractivity contribution < 1.29 is 0 Å². The molecule has 0 aromatic carbocycles. The van der Waals surface area contributed by atoms with Crippen LogP contribution in [0, 0.1) is 0 Å². The number of thioether (sulfide) groups is 1. The summed E-state index contributed by atoms with van der Waals surface area (Å²) in [6.45, 7) is 5.00. The Balaban J connectivity index is 1.57. The van der Waals surface area contributed by atoms with Crippen LogP contribution in [0.2, 0.25) is 0 Å². The van der Waals surface area contributed by atoms with Crippen LogP contribution in [0.1, 0.15) is 12.8 Å². The molecule has 2 aromatic heterocycles. The zero-order valence-electron chi connectivity index (χ0n) is 10.2. The van der Waals surface area contributed by atoms with Gasteiger partial charge in [0.1, 0.15) is 0 Å². The number of aromatic nitrogens is 3. The van der Waals surface area contributed by atoms with Gasteiger partial charge in [-0.3, -0.25) is 4.40 Å². The molecule has 1 fully saturated rings. The second-order valence-electron chi connectivity index (χ2n) is 4.61. The average Bonchev–Trinajstić information content (AvgIpc) is 3.14. The fourth-order valence-electron chi connectivity index (χ4n) is 1.71. The lowest BCUT2D eigenvalue weighted by molar-refractivity contribution is 0.736. The summed E-state index contributed by atoms with van der Waals surface area (Å²) in [5, 5.41) is 12.7. The van der Waals surface area contributed by atoms with Crippen LogP contribution in [0.15, 0.2) is 41.7 Å². The molecule has 1 aliphatic rings. The van der Waals surface area contributed by atoms with E-state index in [0.29, 0.717) is 0 Å². The van der Waals surface area contributed by atoms with E-state index in [9.17, 15) is 0 Å². The molecule has 1 saturated carbocycles. The van der Waals surface area contributed by atoms with Gasteiger partial charge in [-0.2, -0.15) is 0 Å². The lowest BCUT2D eigenvalue weighted by Crippen LogP contribution is -2.19. The molecule has 1 aliphatic carbocycles. The minimum Gasteiger partial charge on any atom is -0.310 e. The molecule has 1 N–H and O–H groups in total. The van der Waals surface area contributed by atoms with Crippen LogP contribution >= 0.6 is 11.8 Å². The number of hydrogen-bond donors (Lipinski definition) is 1. The van der Waals surface area contributed by atoms with Crippen LogP contribution in [-0.2, 0) is 0 Å². The predicted octanol–water partition coefficient (Wildman–Crippen LogP) is 2.13. The summed E-state index contributed by atoms with van der Waals surface area (Å²) in [6.07, 6.45) is 4.62. The fourth-order valence-corrected chi connectivity index (χ4v) is 2.54. The highest BCUT2D eigenvalue weighted by Crippen LogP contribution is 2.21. The first-order valence-electron chi connectivity index (χ1n) is 6.15. The zero-order valence-corrected chi connectivity index (χ0v) is 11.0. The molecular weight excluding hydrogens is 244 g/mol. The van der Waals surface area contributed by atoms with Crippen molar-refractivity contribution in [2.75, 3.05) is 12.3 Å². The third kappa shape index (κ3) is 2.73. The maximum atomic E-state index is 4.19. The number of nitrogens with zero attached hydrogens (tertiary/aromatic N) is 3. The molecule has 0 saturated heterocycles. The molecular formula is C13H16N4S. The van der Waals surface area contributed by atoms with Crippen molar-refractivity contribution in [1.82, 2.24) is 19.9 Å². The topological polar surface area (TPSA) is 42.2 Å². The molecule has 0 spiro atoms. The highest BCUT2D eigenvalue weighted by molar-refractivity contribution is 7.99. The Hall–Kier alpha value is -1.33. The maximum Gasteiger partial charge on any atom is 0.195 e. The molecule has 0 unspecified atom stereocenters. The zero-order chi connectivity index (χ0) is 12.4. The summed E-state index contributed by atoms with van der Waals surface area (Å²) in [5.41, 5.74) is 2.10. The largest absolute Gasteiger partial charge is 0.310 e. The maximum absolute atomic E-state index is 4.19. The summed E-state index contributed by atoms with van der Waals surface area (Å²) in [5.74, 6) is 0.884. The van der Waals surface area contributed by atoms with Gasteiger partial charge in [-0.05, 0) is 25.0 Å². The van der Waals surface area contributed by atoms with Gasteiger partial charge in [0.15, 0.2) is 10.8 Å². The van der Waals surface area contributed by atoms with Crippen LogP contribution in [0.25, 0.3) is 5.65 Å². The Morgan fingerprint density at radius 3 is 3.17 bits per heavy atom. The second kappa shape index (κ2) is 5.12. The van der Waals surface area contributed by atoms with Gasteiger partial charge in [-0.25, -0.2) is 0 Å². The minimum absolute atomic E-state index is 0.737. The molecule has 0 atom stereocenters. The van der Waals surface area contributed by atoms with Gasteiger partial charge in [0.05, 0.1) is 0 Å². The number of nitrogens with one attached hydrogen (secondary N) is 1. The predicted molar refractivity (Wildman–Crippen MR) is 73.9 cm³/mol. The van der Waals surface area contributed by atoms with Gasteiger partial charge < -0.3 is 5.32 Å². The molecule has 3 rings (SSSR count). The van der Waals surface area contributed by atoms with E-state index in [1.807, 2.05) is 28.8 Å². The molecule has 94 valence electrons. The lowest BCUT2D eigenvalue weighted by Gasteiger charge is -2.05. The van der Waals surface area contributed by atoms with Gasteiger partial charge in [0, 0.05) is 24.5 Å². The van der Waals surface area contributed by atoms with Crippen molar-refractivity contribution >= 4 is 17.4 Å². The van der Waals surface area contributed by atoms with Crippen molar-refractivity contribution in [1.29, 1.82) is 0 Å². The number of hydrogen-bond acceptors (Lipinski definition) is 4. The van der Waals surface area contributed by atoms with E-state index < -0.39 is 0 Å². The van der Waals surface area contributed by atoms with Crippen LogP contribution in [0.5, 0.6) is 0 Å². The second-order valence-corrected chi connectivity index (χ2v) is 5.55. The van der Waals surface area contributed by atoms with Crippen LogP contribution in [0.4, 0.5) is 0 Å². The summed E-state index contributed by atoms with van der Waals surface area (Å²) >= 11 is 1.69. The Labute approximate surface area is 110 Å². The molecule has 2 heterocycles. The summed E-state index contributed by atoms with van der Waals surface area (Å²) in [4.78, 5) is 0. The molecule has 4 nitrogen and oxygen atoms in total. The average molecular weight is 260 g/mol. The van der Waals surface area contributed by atoms with Crippen LogP contribution in [0.3, 0.4) is 0 Å². The van der Waals surface area contributed by atoms with E-state index in [-0.39, 0.29) is 0 Å². The highest BCUT2D eigenvalue weighted by atomic mass is 32.2. The standard InChI is InChI=1S/C13H16N4S/c1-10(8-14-11-5-6-11)9-18-13-16-15-12-4-2-3-7-17(12)13/h2-4,7,11,14H,1,5-6,8-9H2. The molecule has 0 radical (unpaired) electrons.